The van der Waals surface area contributed by atoms with Crippen LogP contribution in [0.2, 0.25) is 0 Å². The van der Waals surface area contributed by atoms with Crippen molar-refractivity contribution < 1.29 is 31.5 Å². The van der Waals surface area contributed by atoms with E-state index in [1.54, 1.807) is 0 Å². The van der Waals surface area contributed by atoms with Gasteiger partial charge in [0, 0.05) is 6.54 Å². The van der Waals surface area contributed by atoms with Crippen LogP contribution in [-0.4, -0.2) is 12.5 Å². The van der Waals surface area contributed by atoms with Crippen molar-refractivity contribution in [1.29, 1.82) is 0 Å². The summed E-state index contributed by atoms with van der Waals surface area (Å²) in [7, 11) is 0. The number of halogens is 5. The molecule has 17 heavy (non-hydrogen) atoms. The second-order valence-corrected chi connectivity index (χ2v) is 2.91. The number of benzene rings is 1. The summed E-state index contributed by atoms with van der Waals surface area (Å²) in [5, 5.41) is 0. The van der Waals surface area contributed by atoms with Crippen molar-refractivity contribution in [2.24, 2.45) is 5.73 Å². The molecule has 0 radical (unpaired) electrons. The molecule has 1 rings (SSSR count). The predicted molar refractivity (Wildman–Crippen MR) is 45.5 cm³/mol. The Morgan fingerprint density at radius 2 is 1.35 bits per heavy atom. The maximum absolute atomic E-state index is 13.0. The Bertz CT molecular complexity index is 434. The zero-order chi connectivity index (χ0) is 13.2. The molecule has 0 aliphatic rings. The van der Waals surface area contributed by atoms with Gasteiger partial charge in [0.05, 0.1) is 6.42 Å². The van der Waals surface area contributed by atoms with E-state index < -0.39 is 47.2 Å². The third kappa shape index (κ3) is 2.52. The lowest BCUT2D eigenvalue weighted by Crippen LogP contribution is -2.16. The van der Waals surface area contributed by atoms with E-state index in [1.807, 2.05) is 0 Å². The Balaban J connectivity index is 3.20. The number of hydrogen-bond acceptors (Lipinski definition) is 3. The minimum Gasteiger partial charge on any atom is -0.420 e. The Kier molecular flexibility index (Phi) is 4.00. The van der Waals surface area contributed by atoms with Crippen LogP contribution < -0.4 is 10.5 Å². The molecule has 0 fully saturated rings. The summed E-state index contributed by atoms with van der Waals surface area (Å²) < 4.78 is 67.9. The van der Waals surface area contributed by atoms with Crippen LogP contribution in [0.15, 0.2) is 0 Å². The van der Waals surface area contributed by atoms with E-state index in [0.717, 1.165) is 0 Å². The fraction of sp³-hybridized carbons (Fsp3) is 0.222. The van der Waals surface area contributed by atoms with E-state index in [9.17, 15) is 26.7 Å². The third-order valence-electron chi connectivity index (χ3n) is 1.73. The largest absolute Gasteiger partial charge is 0.420 e. The number of carbonyl (C=O) groups is 1. The van der Waals surface area contributed by atoms with Crippen molar-refractivity contribution >= 4 is 5.97 Å². The quantitative estimate of drug-likeness (QED) is 0.293. The van der Waals surface area contributed by atoms with Gasteiger partial charge in [-0.15, -0.1) is 0 Å². The van der Waals surface area contributed by atoms with Crippen molar-refractivity contribution in [3.8, 4) is 5.75 Å². The van der Waals surface area contributed by atoms with E-state index in [4.69, 9.17) is 5.73 Å². The molecule has 0 spiro atoms. The van der Waals surface area contributed by atoms with Gasteiger partial charge < -0.3 is 10.5 Å². The minimum absolute atomic E-state index is 0.186. The molecular weight excluding hydrogens is 249 g/mol. The predicted octanol–water partition coefficient (Wildman–Crippen LogP) is 1.64. The minimum atomic E-state index is -2.32. The Labute approximate surface area is 92.0 Å². The standard InChI is InChI=1S/C9H6F5NO2/c10-4-5(11)7(13)9(8(14)6(4)12)17-3(16)1-2-15/h1-2,15H2. The van der Waals surface area contributed by atoms with E-state index >= 15 is 0 Å². The number of esters is 1. The molecule has 3 nitrogen and oxygen atoms in total. The van der Waals surface area contributed by atoms with Crippen LogP contribution in [-0.2, 0) is 4.79 Å². The van der Waals surface area contributed by atoms with Crippen LogP contribution in [0.25, 0.3) is 0 Å². The monoisotopic (exact) mass is 255 g/mol. The van der Waals surface area contributed by atoms with Gasteiger partial charge in [0.15, 0.2) is 0 Å². The Morgan fingerprint density at radius 1 is 0.941 bits per heavy atom. The molecule has 0 unspecified atom stereocenters. The zero-order valence-electron chi connectivity index (χ0n) is 8.20. The number of rotatable bonds is 3. The molecule has 0 saturated heterocycles. The first-order valence-electron chi connectivity index (χ1n) is 4.32. The van der Waals surface area contributed by atoms with Crippen molar-refractivity contribution in [1.82, 2.24) is 0 Å². The van der Waals surface area contributed by atoms with Crippen molar-refractivity contribution in [2.75, 3.05) is 6.54 Å². The molecule has 0 aliphatic carbocycles. The Hall–Kier alpha value is -1.70. The van der Waals surface area contributed by atoms with Crippen LogP contribution in [0.1, 0.15) is 6.42 Å². The van der Waals surface area contributed by atoms with Crippen LogP contribution in [0.4, 0.5) is 22.0 Å². The maximum Gasteiger partial charge on any atom is 0.312 e. The normalized spacial score (nSPS) is 10.5. The molecular formula is C9H6F5NO2. The SMILES string of the molecule is NCCC(=O)Oc1c(F)c(F)c(F)c(F)c1F. The summed E-state index contributed by atoms with van der Waals surface area (Å²) in [4.78, 5) is 10.9. The number of ether oxygens (including phenoxy) is 1. The van der Waals surface area contributed by atoms with Gasteiger partial charge in [-0.2, -0.15) is 8.78 Å². The summed E-state index contributed by atoms with van der Waals surface area (Å²) in [5.41, 5.74) is 4.95. The summed E-state index contributed by atoms with van der Waals surface area (Å²) in [6.07, 6.45) is -0.417. The van der Waals surface area contributed by atoms with Gasteiger partial charge in [0.2, 0.25) is 34.8 Å². The van der Waals surface area contributed by atoms with Gasteiger partial charge >= 0.3 is 5.97 Å². The van der Waals surface area contributed by atoms with Gasteiger partial charge in [-0.1, -0.05) is 0 Å². The van der Waals surface area contributed by atoms with Crippen LogP contribution >= 0.6 is 0 Å². The zero-order valence-corrected chi connectivity index (χ0v) is 8.20. The second kappa shape index (κ2) is 5.09. The lowest BCUT2D eigenvalue weighted by atomic mass is 10.2. The molecule has 0 aliphatic heterocycles. The molecule has 8 heteroatoms. The molecule has 2 N–H and O–H groups in total. The third-order valence-corrected chi connectivity index (χ3v) is 1.73. The van der Waals surface area contributed by atoms with Crippen LogP contribution in [0, 0.1) is 29.1 Å². The highest BCUT2D eigenvalue weighted by molar-refractivity contribution is 5.72. The van der Waals surface area contributed by atoms with E-state index in [-0.39, 0.29) is 6.54 Å². The van der Waals surface area contributed by atoms with Crippen LogP contribution in [0.5, 0.6) is 5.75 Å². The summed E-state index contributed by atoms with van der Waals surface area (Å²) in [6.45, 7) is -0.186. The smallest absolute Gasteiger partial charge is 0.312 e. The van der Waals surface area contributed by atoms with Gasteiger partial charge in [-0.3, -0.25) is 4.79 Å². The summed E-state index contributed by atoms with van der Waals surface area (Å²) >= 11 is 0. The average molecular weight is 255 g/mol. The topological polar surface area (TPSA) is 52.3 Å². The number of hydrogen-bond donors (Lipinski definition) is 1. The molecule has 0 atom stereocenters. The Morgan fingerprint density at radius 3 is 1.76 bits per heavy atom. The molecule has 94 valence electrons. The number of carbonyl (C=O) groups excluding carboxylic acids is 1. The van der Waals surface area contributed by atoms with Gasteiger partial charge in [0.25, 0.3) is 0 Å². The first-order chi connectivity index (χ1) is 7.90. The van der Waals surface area contributed by atoms with Crippen molar-refractivity contribution in [3.05, 3.63) is 29.1 Å². The molecule has 0 amide bonds. The van der Waals surface area contributed by atoms with Crippen molar-refractivity contribution in [2.45, 2.75) is 6.42 Å². The van der Waals surface area contributed by atoms with Crippen LogP contribution in [0.3, 0.4) is 0 Å². The van der Waals surface area contributed by atoms with Crippen molar-refractivity contribution in [3.63, 3.8) is 0 Å². The first kappa shape index (κ1) is 13.4. The molecule has 0 saturated carbocycles. The highest BCUT2D eigenvalue weighted by Gasteiger charge is 2.28. The van der Waals surface area contributed by atoms with E-state index in [1.165, 1.54) is 0 Å². The first-order valence-corrected chi connectivity index (χ1v) is 4.32. The molecule has 1 aromatic rings. The fourth-order valence-corrected chi connectivity index (χ4v) is 0.957. The lowest BCUT2D eigenvalue weighted by molar-refractivity contribution is -0.134. The second-order valence-electron chi connectivity index (χ2n) is 2.91. The molecule has 0 heterocycles. The fourth-order valence-electron chi connectivity index (χ4n) is 0.957. The average Bonchev–Trinajstić information content (AvgIpc) is 2.30. The summed E-state index contributed by atoms with van der Waals surface area (Å²) in [5.74, 6) is -13.9. The summed E-state index contributed by atoms with van der Waals surface area (Å²) in [6, 6.07) is 0. The highest BCUT2D eigenvalue weighted by atomic mass is 19.2. The van der Waals surface area contributed by atoms with Gasteiger partial charge in [-0.25, -0.2) is 13.2 Å². The number of nitrogens with two attached hydrogens (primary N) is 1. The van der Waals surface area contributed by atoms with E-state index in [0.29, 0.717) is 0 Å². The molecule has 1 aromatic carbocycles. The van der Waals surface area contributed by atoms with Gasteiger partial charge in [0.1, 0.15) is 0 Å². The van der Waals surface area contributed by atoms with E-state index in [2.05, 4.69) is 4.74 Å². The van der Waals surface area contributed by atoms with Gasteiger partial charge in [-0.05, 0) is 0 Å². The maximum atomic E-state index is 13.0. The highest BCUT2D eigenvalue weighted by Crippen LogP contribution is 2.29. The lowest BCUT2D eigenvalue weighted by Gasteiger charge is -2.08. The molecule has 0 aromatic heterocycles. The molecule has 0 bridgehead atoms.